The van der Waals surface area contributed by atoms with Gasteiger partial charge in [0.15, 0.2) is 0 Å². The second-order valence-corrected chi connectivity index (χ2v) is 4.63. The van der Waals surface area contributed by atoms with E-state index in [0.29, 0.717) is 11.9 Å². The first-order valence-corrected chi connectivity index (χ1v) is 6.29. The summed E-state index contributed by atoms with van der Waals surface area (Å²) in [6.07, 6.45) is 5.97. The molecule has 0 aliphatic carbocycles. The Morgan fingerprint density at radius 2 is 2.00 bits per heavy atom. The fourth-order valence-electron chi connectivity index (χ4n) is 2.46. The molecule has 18 heavy (non-hydrogen) atoms. The number of anilines is 2. The minimum absolute atomic E-state index is 0.460. The van der Waals surface area contributed by atoms with Crippen LogP contribution in [0.25, 0.3) is 0 Å². The number of nitrogen functional groups attached to an aromatic ring is 1. The van der Waals surface area contributed by atoms with Gasteiger partial charge in [-0.25, -0.2) is 4.98 Å². The largest absolute Gasteiger partial charge is 0.382 e. The summed E-state index contributed by atoms with van der Waals surface area (Å²) in [7, 11) is 0. The second kappa shape index (κ2) is 4.68. The van der Waals surface area contributed by atoms with Gasteiger partial charge < -0.3 is 10.6 Å². The molecule has 3 heterocycles. The Hall–Kier alpha value is -2.04. The van der Waals surface area contributed by atoms with E-state index in [2.05, 4.69) is 21.0 Å². The number of aromatic nitrogens is 3. The molecule has 5 heteroatoms. The topological polar surface area (TPSA) is 60.0 Å². The highest BCUT2D eigenvalue weighted by atomic mass is 15.3. The standard InChI is InChI=1S/C13H17N5/c14-12-6-10-18(16-12)11-4-8-17(9-5-11)13-3-1-2-7-15-13/h1-3,6-7,10-11H,4-5,8-9H2,(H2,14,16). The van der Waals surface area contributed by atoms with E-state index >= 15 is 0 Å². The number of piperidine rings is 1. The van der Waals surface area contributed by atoms with Crippen LogP contribution in [0.1, 0.15) is 18.9 Å². The average molecular weight is 243 g/mol. The van der Waals surface area contributed by atoms with Gasteiger partial charge in [0, 0.05) is 25.5 Å². The van der Waals surface area contributed by atoms with Crippen molar-refractivity contribution >= 4 is 11.6 Å². The molecule has 1 fully saturated rings. The van der Waals surface area contributed by atoms with Crippen LogP contribution in [0, 0.1) is 0 Å². The zero-order valence-corrected chi connectivity index (χ0v) is 10.2. The van der Waals surface area contributed by atoms with E-state index in [4.69, 9.17) is 5.73 Å². The summed E-state index contributed by atoms with van der Waals surface area (Å²) in [5, 5.41) is 4.29. The molecule has 0 amide bonds. The molecule has 0 bridgehead atoms. The predicted octanol–water partition coefficient (Wildman–Crippen LogP) is 1.70. The van der Waals surface area contributed by atoms with Crippen LogP contribution in [0.4, 0.5) is 11.6 Å². The number of rotatable bonds is 2. The minimum atomic E-state index is 0.460. The number of nitrogens with zero attached hydrogens (tertiary/aromatic N) is 4. The average Bonchev–Trinajstić information content (AvgIpc) is 2.87. The highest BCUT2D eigenvalue weighted by Crippen LogP contribution is 2.24. The van der Waals surface area contributed by atoms with Crippen LogP contribution in [0.5, 0.6) is 0 Å². The number of pyridine rings is 1. The molecule has 2 N–H and O–H groups in total. The van der Waals surface area contributed by atoms with E-state index in [-0.39, 0.29) is 0 Å². The third-order valence-corrected chi connectivity index (χ3v) is 3.44. The summed E-state index contributed by atoms with van der Waals surface area (Å²) in [6.45, 7) is 2.03. The fraction of sp³-hybridized carbons (Fsp3) is 0.385. The smallest absolute Gasteiger partial charge is 0.145 e. The molecule has 0 spiro atoms. The number of hydrogen-bond donors (Lipinski definition) is 1. The van der Waals surface area contributed by atoms with Crippen molar-refractivity contribution in [2.24, 2.45) is 0 Å². The Kier molecular flexibility index (Phi) is 2.88. The quantitative estimate of drug-likeness (QED) is 0.872. The monoisotopic (exact) mass is 243 g/mol. The van der Waals surface area contributed by atoms with E-state index in [1.54, 1.807) is 0 Å². The molecule has 0 atom stereocenters. The summed E-state index contributed by atoms with van der Waals surface area (Å²) >= 11 is 0. The fourth-order valence-corrected chi connectivity index (χ4v) is 2.46. The second-order valence-electron chi connectivity index (χ2n) is 4.63. The minimum Gasteiger partial charge on any atom is -0.382 e. The van der Waals surface area contributed by atoms with Gasteiger partial charge >= 0.3 is 0 Å². The van der Waals surface area contributed by atoms with Crippen molar-refractivity contribution in [1.82, 2.24) is 14.8 Å². The molecular weight excluding hydrogens is 226 g/mol. The van der Waals surface area contributed by atoms with Crippen molar-refractivity contribution in [2.75, 3.05) is 23.7 Å². The molecule has 1 aliphatic rings. The maximum Gasteiger partial charge on any atom is 0.145 e. The Morgan fingerprint density at radius 3 is 2.61 bits per heavy atom. The van der Waals surface area contributed by atoms with Gasteiger partial charge in [-0.05, 0) is 31.0 Å². The van der Waals surface area contributed by atoms with Crippen LogP contribution in [-0.4, -0.2) is 27.9 Å². The maximum atomic E-state index is 5.65. The summed E-state index contributed by atoms with van der Waals surface area (Å²) in [4.78, 5) is 6.71. The van der Waals surface area contributed by atoms with E-state index in [9.17, 15) is 0 Å². The van der Waals surface area contributed by atoms with Gasteiger partial charge in [0.2, 0.25) is 0 Å². The van der Waals surface area contributed by atoms with Gasteiger partial charge in [-0.2, -0.15) is 5.10 Å². The molecule has 1 aliphatic heterocycles. The molecule has 1 saturated heterocycles. The highest BCUT2D eigenvalue weighted by molar-refractivity contribution is 5.38. The van der Waals surface area contributed by atoms with Crippen molar-refractivity contribution < 1.29 is 0 Å². The SMILES string of the molecule is Nc1ccn(C2CCN(c3ccccn3)CC2)n1. The lowest BCUT2D eigenvalue weighted by atomic mass is 10.1. The Labute approximate surface area is 106 Å². The normalized spacial score (nSPS) is 17.0. The van der Waals surface area contributed by atoms with Gasteiger partial charge in [-0.1, -0.05) is 6.07 Å². The molecule has 0 radical (unpaired) electrons. The lowest BCUT2D eigenvalue weighted by molar-refractivity contribution is 0.367. The van der Waals surface area contributed by atoms with E-state index < -0.39 is 0 Å². The Bertz CT molecular complexity index is 499. The Balaban J connectivity index is 1.65. The van der Waals surface area contributed by atoms with Crippen LogP contribution >= 0.6 is 0 Å². The first kappa shape index (κ1) is 11.1. The van der Waals surface area contributed by atoms with E-state index in [0.717, 1.165) is 31.7 Å². The molecular formula is C13H17N5. The van der Waals surface area contributed by atoms with Crippen LogP contribution in [-0.2, 0) is 0 Å². The van der Waals surface area contributed by atoms with Crippen molar-refractivity contribution in [3.05, 3.63) is 36.7 Å². The van der Waals surface area contributed by atoms with Crippen LogP contribution in [0.3, 0.4) is 0 Å². The molecule has 3 rings (SSSR count). The lowest BCUT2D eigenvalue weighted by Crippen LogP contribution is -2.35. The van der Waals surface area contributed by atoms with Crippen molar-refractivity contribution in [1.29, 1.82) is 0 Å². The lowest BCUT2D eigenvalue weighted by Gasteiger charge is -2.32. The van der Waals surface area contributed by atoms with Gasteiger partial charge in [0.1, 0.15) is 11.6 Å². The van der Waals surface area contributed by atoms with Crippen LogP contribution in [0.15, 0.2) is 36.7 Å². The molecule has 2 aromatic rings. The van der Waals surface area contributed by atoms with Crippen LogP contribution in [0.2, 0.25) is 0 Å². The van der Waals surface area contributed by atoms with Gasteiger partial charge in [0.05, 0.1) is 6.04 Å². The number of nitrogens with two attached hydrogens (primary N) is 1. The molecule has 0 aromatic carbocycles. The summed E-state index contributed by atoms with van der Waals surface area (Å²) in [6, 6.07) is 8.35. The van der Waals surface area contributed by atoms with Crippen LogP contribution < -0.4 is 10.6 Å². The first-order valence-electron chi connectivity index (χ1n) is 6.29. The summed E-state index contributed by atoms with van der Waals surface area (Å²) < 4.78 is 1.99. The van der Waals surface area contributed by atoms with E-state index in [1.807, 2.05) is 35.3 Å². The molecule has 94 valence electrons. The number of hydrogen-bond acceptors (Lipinski definition) is 4. The summed E-state index contributed by atoms with van der Waals surface area (Å²) in [5.74, 6) is 1.66. The zero-order valence-electron chi connectivity index (χ0n) is 10.2. The third kappa shape index (κ3) is 2.16. The van der Waals surface area contributed by atoms with Crippen molar-refractivity contribution in [3.8, 4) is 0 Å². The highest BCUT2D eigenvalue weighted by Gasteiger charge is 2.21. The Morgan fingerprint density at radius 1 is 1.17 bits per heavy atom. The van der Waals surface area contributed by atoms with Crippen molar-refractivity contribution in [2.45, 2.75) is 18.9 Å². The molecule has 5 nitrogen and oxygen atoms in total. The van der Waals surface area contributed by atoms with Gasteiger partial charge in [-0.15, -0.1) is 0 Å². The summed E-state index contributed by atoms with van der Waals surface area (Å²) in [5.41, 5.74) is 5.65. The maximum absolute atomic E-state index is 5.65. The molecule has 0 saturated carbocycles. The predicted molar refractivity (Wildman–Crippen MR) is 71.4 cm³/mol. The third-order valence-electron chi connectivity index (χ3n) is 3.44. The van der Waals surface area contributed by atoms with Gasteiger partial charge in [0.25, 0.3) is 0 Å². The molecule has 2 aromatic heterocycles. The first-order chi connectivity index (χ1) is 8.83. The van der Waals surface area contributed by atoms with Crippen molar-refractivity contribution in [3.63, 3.8) is 0 Å². The molecule has 0 unspecified atom stereocenters. The zero-order chi connectivity index (χ0) is 12.4. The van der Waals surface area contributed by atoms with Gasteiger partial charge in [-0.3, -0.25) is 4.68 Å². The van der Waals surface area contributed by atoms with E-state index in [1.165, 1.54) is 0 Å².